The van der Waals surface area contributed by atoms with Crippen LogP contribution in [-0.2, 0) is 0 Å². The molecule has 0 saturated carbocycles. The smallest absolute Gasteiger partial charge is 0.404 e. The van der Waals surface area contributed by atoms with Crippen LogP contribution in [0.4, 0.5) is 18.9 Å². The minimum atomic E-state index is -4.85. The number of rotatable bonds is 3. The van der Waals surface area contributed by atoms with Crippen LogP contribution in [0.3, 0.4) is 0 Å². The number of halogens is 4. The average Bonchev–Trinajstić information content (AvgIpc) is 2.84. The molecule has 1 aromatic heterocycles. The van der Waals surface area contributed by atoms with Crippen molar-refractivity contribution in [1.29, 1.82) is 0 Å². The molecular formula is C11H6BrF3N2O2S. The maximum atomic E-state index is 12.3. The third-order valence-electron chi connectivity index (χ3n) is 2.08. The first-order valence-electron chi connectivity index (χ1n) is 5.10. The number of anilines is 1. The van der Waals surface area contributed by atoms with E-state index in [9.17, 15) is 18.0 Å². The van der Waals surface area contributed by atoms with E-state index in [0.717, 1.165) is 6.07 Å². The standard InChI is InChI=1S/C11H6BrF3N2O2S/c12-6-1-2-7(9(3-6)19-11(13,14)15)17-10(18)8-4-20-5-16-8/h1-5H,(H,17,18). The number of carbonyl (C=O) groups excluding carboxylic acids is 1. The first-order valence-corrected chi connectivity index (χ1v) is 6.83. The van der Waals surface area contributed by atoms with E-state index in [-0.39, 0.29) is 11.4 Å². The molecule has 2 rings (SSSR count). The molecule has 20 heavy (non-hydrogen) atoms. The van der Waals surface area contributed by atoms with E-state index in [0.29, 0.717) is 4.47 Å². The second kappa shape index (κ2) is 5.80. The Morgan fingerprint density at radius 2 is 2.15 bits per heavy atom. The van der Waals surface area contributed by atoms with Crippen molar-refractivity contribution >= 4 is 38.9 Å². The van der Waals surface area contributed by atoms with Gasteiger partial charge in [-0.2, -0.15) is 0 Å². The van der Waals surface area contributed by atoms with E-state index in [2.05, 4.69) is 31.0 Å². The van der Waals surface area contributed by atoms with Gasteiger partial charge in [-0.15, -0.1) is 24.5 Å². The molecule has 0 spiro atoms. The highest BCUT2D eigenvalue weighted by molar-refractivity contribution is 9.10. The van der Waals surface area contributed by atoms with Gasteiger partial charge in [0.15, 0.2) is 5.75 Å². The summed E-state index contributed by atoms with van der Waals surface area (Å²) in [5.41, 5.74) is 1.48. The maximum Gasteiger partial charge on any atom is 0.573 e. The highest BCUT2D eigenvalue weighted by Crippen LogP contribution is 2.33. The number of nitrogens with one attached hydrogen (secondary N) is 1. The Kier molecular flexibility index (Phi) is 4.29. The van der Waals surface area contributed by atoms with Crippen molar-refractivity contribution in [2.45, 2.75) is 6.36 Å². The van der Waals surface area contributed by atoms with Crippen LogP contribution in [0.2, 0.25) is 0 Å². The number of nitrogens with zero attached hydrogens (tertiary/aromatic N) is 1. The quantitative estimate of drug-likeness (QED) is 0.891. The molecule has 1 aromatic carbocycles. The summed E-state index contributed by atoms with van der Waals surface area (Å²) in [5, 5.41) is 3.81. The Morgan fingerprint density at radius 1 is 1.40 bits per heavy atom. The van der Waals surface area contributed by atoms with Gasteiger partial charge in [-0.05, 0) is 18.2 Å². The lowest BCUT2D eigenvalue weighted by atomic mass is 10.3. The Hall–Kier alpha value is -1.61. The van der Waals surface area contributed by atoms with Gasteiger partial charge in [-0.25, -0.2) is 4.98 Å². The van der Waals surface area contributed by atoms with Crippen molar-refractivity contribution in [3.8, 4) is 5.75 Å². The summed E-state index contributed by atoms with van der Waals surface area (Å²) in [4.78, 5) is 15.5. The summed E-state index contributed by atoms with van der Waals surface area (Å²) in [7, 11) is 0. The fourth-order valence-corrected chi connectivity index (χ4v) is 2.19. The van der Waals surface area contributed by atoms with Crippen LogP contribution in [0.25, 0.3) is 0 Å². The summed E-state index contributed by atoms with van der Waals surface area (Å²) < 4.78 is 41.2. The van der Waals surface area contributed by atoms with Crippen molar-refractivity contribution in [2.24, 2.45) is 0 Å². The van der Waals surface area contributed by atoms with Crippen LogP contribution in [0.15, 0.2) is 33.6 Å². The van der Waals surface area contributed by atoms with Gasteiger partial charge in [0.05, 0.1) is 11.2 Å². The lowest BCUT2D eigenvalue weighted by Crippen LogP contribution is -2.19. The fraction of sp³-hybridized carbons (Fsp3) is 0.0909. The van der Waals surface area contributed by atoms with Crippen molar-refractivity contribution in [1.82, 2.24) is 4.98 Å². The van der Waals surface area contributed by atoms with Crippen molar-refractivity contribution in [3.05, 3.63) is 39.3 Å². The number of alkyl halides is 3. The van der Waals surface area contributed by atoms with Crippen LogP contribution < -0.4 is 10.1 Å². The molecule has 0 bridgehead atoms. The molecule has 2 aromatic rings. The summed E-state index contributed by atoms with van der Waals surface area (Å²) in [5.74, 6) is -1.11. The predicted octanol–water partition coefficient (Wildman–Crippen LogP) is 4.06. The molecule has 9 heteroatoms. The third kappa shape index (κ3) is 3.94. The van der Waals surface area contributed by atoms with Crippen molar-refractivity contribution in [2.75, 3.05) is 5.32 Å². The Morgan fingerprint density at radius 3 is 2.75 bits per heavy atom. The highest BCUT2D eigenvalue weighted by atomic mass is 79.9. The number of ether oxygens (including phenoxy) is 1. The van der Waals surface area contributed by atoms with Crippen LogP contribution in [0, 0.1) is 0 Å². The number of benzene rings is 1. The van der Waals surface area contributed by atoms with Gasteiger partial charge in [0, 0.05) is 9.85 Å². The van der Waals surface area contributed by atoms with E-state index in [1.807, 2.05) is 0 Å². The SMILES string of the molecule is O=C(Nc1ccc(Br)cc1OC(F)(F)F)c1cscn1. The van der Waals surface area contributed by atoms with Crippen molar-refractivity contribution < 1.29 is 22.7 Å². The van der Waals surface area contributed by atoms with Gasteiger partial charge >= 0.3 is 6.36 Å². The normalized spacial score (nSPS) is 11.2. The molecule has 0 saturated heterocycles. The molecule has 1 N–H and O–H groups in total. The molecule has 1 amide bonds. The molecule has 0 aliphatic heterocycles. The first-order chi connectivity index (χ1) is 9.35. The second-order valence-electron chi connectivity index (χ2n) is 3.52. The fourth-order valence-electron chi connectivity index (χ4n) is 1.32. The minimum Gasteiger partial charge on any atom is -0.404 e. The zero-order chi connectivity index (χ0) is 14.8. The predicted molar refractivity (Wildman–Crippen MR) is 70.9 cm³/mol. The Bertz CT molecular complexity index is 617. The maximum absolute atomic E-state index is 12.3. The summed E-state index contributed by atoms with van der Waals surface area (Å²) in [6, 6.07) is 3.90. The monoisotopic (exact) mass is 366 g/mol. The number of carbonyl (C=O) groups is 1. The molecule has 0 radical (unpaired) electrons. The number of thiazole rings is 1. The van der Waals surface area contributed by atoms with Gasteiger partial charge < -0.3 is 10.1 Å². The van der Waals surface area contributed by atoms with Gasteiger partial charge in [-0.3, -0.25) is 4.79 Å². The van der Waals surface area contributed by atoms with Crippen LogP contribution >= 0.6 is 27.3 Å². The number of hydrogen-bond acceptors (Lipinski definition) is 4. The Balaban J connectivity index is 2.25. The van der Waals surface area contributed by atoms with E-state index in [4.69, 9.17) is 0 Å². The number of aromatic nitrogens is 1. The van der Waals surface area contributed by atoms with Gasteiger partial charge in [0.2, 0.25) is 0 Å². The van der Waals surface area contributed by atoms with Crippen molar-refractivity contribution in [3.63, 3.8) is 0 Å². The topological polar surface area (TPSA) is 51.2 Å². The minimum absolute atomic E-state index is 0.0940. The zero-order valence-electron chi connectivity index (χ0n) is 9.57. The van der Waals surface area contributed by atoms with E-state index < -0.39 is 18.0 Å². The van der Waals surface area contributed by atoms with Gasteiger partial charge in [0.25, 0.3) is 5.91 Å². The van der Waals surface area contributed by atoms with E-state index in [1.54, 1.807) is 0 Å². The van der Waals surface area contributed by atoms with Gasteiger partial charge in [-0.1, -0.05) is 15.9 Å². The van der Waals surface area contributed by atoms with Crippen LogP contribution in [-0.4, -0.2) is 17.3 Å². The number of hydrogen-bond donors (Lipinski definition) is 1. The van der Waals surface area contributed by atoms with Crippen LogP contribution in [0.5, 0.6) is 5.75 Å². The molecule has 4 nitrogen and oxygen atoms in total. The zero-order valence-corrected chi connectivity index (χ0v) is 12.0. The number of amides is 1. The average molecular weight is 367 g/mol. The summed E-state index contributed by atoms with van der Waals surface area (Å²) in [6.07, 6.45) is -4.85. The molecule has 1 heterocycles. The molecule has 106 valence electrons. The molecular weight excluding hydrogens is 361 g/mol. The first kappa shape index (κ1) is 14.8. The van der Waals surface area contributed by atoms with E-state index in [1.165, 1.54) is 34.4 Å². The van der Waals surface area contributed by atoms with Gasteiger partial charge in [0.1, 0.15) is 5.69 Å². The largest absolute Gasteiger partial charge is 0.573 e. The van der Waals surface area contributed by atoms with E-state index >= 15 is 0 Å². The Labute approximate surface area is 123 Å². The molecule has 0 aliphatic carbocycles. The molecule has 0 atom stereocenters. The molecule has 0 aliphatic rings. The lowest BCUT2D eigenvalue weighted by molar-refractivity contribution is -0.274. The molecule has 0 unspecified atom stereocenters. The third-order valence-corrected chi connectivity index (χ3v) is 3.16. The second-order valence-corrected chi connectivity index (χ2v) is 5.15. The lowest BCUT2D eigenvalue weighted by Gasteiger charge is -2.14. The summed E-state index contributed by atoms with van der Waals surface area (Å²) >= 11 is 4.24. The highest BCUT2D eigenvalue weighted by Gasteiger charge is 2.32. The molecule has 0 fully saturated rings. The van der Waals surface area contributed by atoms with Crippen LogP contribution in [0.1, 0.15) is 10.5 Å². The summed E-state index contributed by atoms with van der Waals surface area (Å²) in [6.45, 7) is 0.